The summed E-state index contributed by atoms with van der Waals surface area (Å²) < 4.78 is 0. The summed E-state index contributed by atoms with van der Waals surface area (Å²) in [6.07, 6.45) is 2.58. The number of hydrogen-bond donors (Lipinski definition) is 1. The van der Waals surface area contributed by atoms with Crippen molar-refractivity contribution < 1.29 is 14.7 Å². The van der Waals surface area contributed by atoms with E-state index in [1.165, 1.54) is 5.56 Å². The number of rotatable bonds is 4. The van der Waals surface area contributed by atoms with E-state index in [2.05, 4.69) is 12.1 Å². The number of nitrogens with zero attached hydrogens (tertiary/aromatic N) is 1. The second-order valence-electron chi connectivity index (χ2n) is 5.08. The van der Waals surface area contributed by atoms with Gasteiger partial charge < -0.3 is 10.0 Å². The van der Waals surface area contributed by atoms with Crippen molar-refractivity contribution in [3.05, 3.63) is 35.9 Å². The topological polar surface area (TPSA) is 57.6 Å². The van der Waals surface area contributed by atoms with Crippen molar-refractivity contribution in [1.82, 2.24) is 4.90 Å². The lowest BCUT2D eigenvalue weighted by atomic mass is 9.90. The Kier molecular flexibility index (Phi) is 4.55. The zero-order valence-electron chi connectivity index (χ0n) is 10.9. The molecule has 2 rings (SSSR count). The van der Waals surface area contributed by atoms with Crippen molar-refractivity contribution in [2.45, 2.75) is 25.7 Å². The molecule has 102 valence electrons. The molecule has 0 bridgehead atoms. The van der Waals surface area contributed by atoms with Crippen LogP contribution in [0.5, 0.6) is 0 Å². The molecule has 0 unspecified atom stereocenters. The van der Waals surface area contributed by atoms with Crippen LogP contribution in [0.3, 0.4) is 0 Å². The maximum absolute atomic E-state index is 11.6. The van der Waals surface area contributed by atoms with E-state index < -0.39 is 5.97 Å². The average Bonchev–Trinajstić information content (AvgIpc) is 2.40. The van der Waals surface area contributed by atoms with Gasteiger partial charge in [-0.15, -0.1) is 0 Å². The van der Waals surface area contributed by atoms with Crippen LogP contribution in [0.15, 0.2) is 30.3 Å². The Hall–Kier alpha value is -1.84. The Balaban J connectivity index is 1.79. The van der Waals surface area contributed by atoms with E-state index in [1.54, 1.807) is 4.90 Å². The molecule has 0 spiro atoms. The molecule has 1 N–H and O–H groups in total. The lowest BCUT2D eigenvalue weighted by Gasteiger charge is -2.31. The molecule has 4 nitrogen and oxygen atoms in total. The van der Waals surface area contributed by atoms with E-state index in [0.29, 0.717) is 19.0 Å². The summed E-state index contributed by atoms with van der Waals surface area (Å²) in [5.74, 6) is -0.710. The van der Waals surface area contributed by atoms with Crippen LogP contribution in [0.1, 0.15) is 24.8 Å². The highest BCUT2D eigenvalue weighted by Gasteiger charge is 2.23. The lowest BCUT2D eigenvalue weighted by Crippen LogP contribution is -2.39. The molecule has 0 saturated carbocycles. The van der Waals surface area contributed by atoms with E-state index in [1.807, 2.05) is 18.2 Å². The highest BCUT2D eigenvalue weighted by Crippen LogP contribution is 2.21. The van der Waals surface area contributed by atoms with Crippen molar-refractivity contribution in [1.29, 1.82) is 0 Å². The summed E-state index contributed by atoms with van der Waals surface area (Å²) in [6.45, 7) is 1.37. The molecular weight excluding hydrogens is 242 g/mol. The van der Waals surface area contributed by atoms with Crippen LogP contribution < -0.4 is 0 Å². The van der Waals surface area contributed by atoms with Gasteiger partial charge in [0, 0.05) is 13.1 Å². The van der Waals surface area contributed by atoms with E-state index in [0.717, 1.165) is 19.3 Å². The maximum atomic E-state index is 11.6. The van der Waals surface area contributed by atoms with Gasteiger partial charge in [-0.2, -0.15) is 0 Å². The van der Waals surface area contributed by atoms with Crippen LogP contribution in [0.4, 0.5) is 0 Å². The summed E-state index contributed by atoms with van der Waals surface area (Å²) in [4.78, 5) is 23.8. The van der Waals surface area contributed by atoms with Gasteiger partial charge in [-0.3, -0.25) is 9.59 Å². The highest BCUT2D eigenvalue weighted by molar-refractivity contribution is 5.93. The third-order valence-corrected chi connectivity index (χ3v) is 3.64. The predicted octanol–water partition coefficient (Wildman–Crippen LogP) is 1.94. The number of carboxylic acid groups (broad SMARTS) is 1. The van der Waals surface area contributed by atoms with E-state index in [4.69, 9.17) is 5.11 Å². The maximum Gasteiger partial charge on any atom is 0.312 e. The number of piperidine rings is 1. The zero-order valence-corrected chi connectivity index (χ0v) is 10.9. The van der Waals surface area contributed by atoms with Gasteiger partial charge in [-0.1, -0.05) is 30.3 Å². The minimum Gasteiger partial charge on any atom is -0.481 e. The van der Waals surface area contributed by atoms with Crippen LogP contribution >= 0.6 is 0 Å². The fraction of sp³-hybridized carbons (Fsp3) is 0.467. The lowest BCUT2D eigenvalue weighted by molar-refractivity contribution is -0.144. The Morgan fingerprint density at radius 3 is 2.37 bits per heavy atom. The predicted molar refractivity (Wildman–Crippen MR) is 71.7 cm³/mol. The fourth-order valence-corrected chi connectivity index (χ4v) is 2.58. The first-order chi connectivity index (χ1) is 9.15. The van der Waals surface area contributed by atoms with E-state index >= 15 is 0 Å². The normalized spacial score (nSPS) is 16.3. The number of aliphatic carboxylic acids is 1. The molecule has 1 aliphatic rings. The third-order valence-electron chi connectivity index (χ3n) is 3.64. The molecule has 1 aliphatic heterocycles. The van der Waals surface area contributed by atoms with E-state index in [9.17, 15) is 9.59 Å². The molecule has 1 aromatic rings. The fourth-order valence-electron chi connectivity index (χ4n) is 2.58. The minimum atomic E-state index is -1.04. The molecule has 0 aromatic heterocycles. The first-order valence-corrected chi connectivity index (χ1v) is 6.68. The summed E-state index contributed by atoms with van der Waals surface area (Å²) >= 11 is 0. The average molecular weight is 261 g/mol. The van der Waals surface area contributed by atoms with Gasteiger partial charge in [0.25, 0.3) is 0 Å². The smallest absolute Gasteiger partial charge is 0.312 e. The van der Waals surface area contributed by atoms with Gasteiger partial charge in [0.15, 0.2) is 0 Å². The van der Waals surface area contributed by atoms with Crippen molar-refractivity contribution in [3.63, 3.8) is 0 Å². The van der Waals surface area contributed by atoms with Gasteiger partial charge in [0.05, 0.1) is 0 Å². The summed E-state index contributed by atoms with van der Waals surface area (Å²) in [5, 5.41) is 8.61. The second-order valence-corrected chi connectivity index (χ2v) is 5.08. The van der Waals surface area contributed by atoms with Crippen LogP contribution in [-0.4, -0.2) is 35.0 Å². The Morgan fingerprint density at radius 1 is 1.16 bits per heavy atom. The number of carbonyl (C=O) groups excluding carboxylic acids is 1. The summed E-state index contributed by atoms with van der Waals surface area (Å²) in [7, 11) is 0. The van der Waals surface area contributed by atoms with Gasteiger partial charge in [-0.05, 0) is 30.7 Å². The molecule has 1 heterocycles. The summed E-state index contributed by atoms with van der Waals surface area (Å²) in [6, 6.07) is 10.3. The van der Waals surface area contributed by atoms with Crippen LogP contribution in [-0.2, 0) is 16.0 Å². The summed E-state index contributed by atoms with van der Waals surface area (Å²) in [5.41, 5.74) is 1.33. The van der Waals surface area contributed by atoms with Crippen LogP contribution in [0.2, 0.25) is 0 Å². The molecule has 19 heavy (non-hydrogen) atoms. The van der Waals surface area contributed by atoms with Gasteiger partial charge in [0.1, 0.15) is 6.42 Å². The van der Waals surface area contributed by atoms with Crippen LogP contribution in [0, 0.1) is 5.92 Å². The van der Waals surface area contributed by atoms with Gasteiger partial charge in [0.2, 0.25) is 5.91 Å². The zero-order chi connectivity index (χ0) is 13.7. The quantitative estimate of drug-likeness (QED) is 0.843. The largest absolute Gasteiger partial charge is 0.481 e. The third kappa shape index (κ3) is 4.09. The standard InChI is InChI=1S/C15H19NO3/c17-14(11-15(18)19)16-8-6-13(7-9-16)10-12-4-2-1-3-5-12/h1-5,13H,6-11H2,(H,18,19). The highest BCUT2D eigenvalue weighted by atomic mass is 16.4. The molecule has 0 radical (unpaired) electrons. The molecular formula is C15H19NO3. The molecule has 0 atom stereocenters. The molecule has 4 heteroatoms. The SMILES string of the molecule is O=C(O)CC(=O)N1CCC(Cc2ccccc2)CC1. The molecule has 1 aromatic carbocycles. The number of carboxylic acids is 1. The van der Waals surface area contributed by atoms with Crippen molar-refractivity contribution in [3.8, 4) is 0 Å². The first-order valence-electron chi connectivity index (χ1n) is 6.68. The molecule has 1 amide bonds. The van der Waals surface area contributed by atoms with Gasteiger partial charge in [-0.25, -0.2) is 0 Å². The number of amides is 1. The Morgan fingerprint density at radius 2 is 1.79 bits per heavy atom. The molecule has 0 aliphatic carbocycles. The molecule has 1 saturated heterocycles. The van der Waals surface area contributed by atoms with Crippen LogP contribution in [0.25, 0.3) is 0 Å². The number of likely N-dealkylation sites (tertiary alicyclic amines) is 1. The number of carbonyl (C=O) groups is 2. The second kappa shape index (κ2) is 6.36. The minimum absolute atomic E-state index is 0.259. The van der Waals surface area contributed by atoms with E-state index in [-0.39, 0.29) is 12.3 Å². The van der Waals surface area contributed by atoms with Crippen molar-refractivity contribution in [2.24, 2.45) is 5.92 Å². The monoisotopic (exact) mass is 261 g/mol. The van der Waals surface area contributed by atoms with Crippen molar-refractivity contribution in [2.75, 3.05) is 13.1 Å². The Labute approximate surface area is 113 Å². The number of benzene rings is 1. The van der Waals surface area contributed by atoms with Crippen molar-refractivity contribution >= 4 is 11.9 Å². The van der Waals surface area contributed by atoms with Gasteiger partial charge >= 0.3 is 5.97 Å². The number of hydrogen-bond acceptors (Lipinski definition) is 2. The first kappa shape index (κ1) is 13.6. The Bertz CT molecular complexity index is 436. The molecule has 1 fully saturated rings.